The van der Waals surface area contributed by atoms with Gasteiger partial charge in [-0.15, -0.1) is 11.3 Å². The molecule has 6 nitrogen and oxygen atoms in total. The highest BCUT2D eigenvalue weighted by Gasteiger charge is 2.11. The summed E-state index contributed by atoms with van der Waals surface area (Å²) >= 11 is 1.35. The van der Waals surface area contributed by atoms with Crippen LogP contribution in [0.15, 0.2) is 53.9 Å². The van der Waals surface area contributed by atoms with Gasteiger partial charge in [-0.1, -0.05) is 23.8 Å². The van der Waals surface area contributed by atoms with Gasteiger partial charge in [-0.25, -0.2) is 4.98 Å². The Morgan fingerprint density at radius 1 is 1.10 bits per heavy atom. The van der Waals surface area contributed by atoms with Crippen molar-refractivity contribution in [1.82, 2.24) is 4.98 Å². The number of amides is 2. The molecule has 0 aliphatic rings. The van der Waals surface area contributed by atoms with E-state index in [4.69, 9.17) is 4.74 Å². The molecule has 0 bridgehead atoms. The van der Waals surface area contributed by atoms with Crippen molar-refractivity contribution in [2.45, 2.75) is 13.8 Å². The lowest BCUT2D eigenvalue weighted by molar-refractivity contribution is -0.114. The second kappa shape index (κ2) is 9.16. The lowest BCUT2D eigenvalue weighted by Gasteiger charge is -2.07. The molecular formula is C22H21N3O3S. The van der Waals surface area contributed by atoms with E-state index in [1.807, 2.05) is 42.6 Å². The zero-order valence-corrected chi connectivity index (χ0v) is 17.2. The van der Waals surface area contributed by atoms with Gasteiger partial charge in [-0.05, 0) is 42.8 Å². The molecule has 7 heteroatoms. The summed E-state index contributed by atoms with van der Waals surface area (Å²) in [6, 6.07) is 13.1. The Morgan fingerprint density at radius 2 is 1.86 bits per heavy atom. The van der Waals surface area contributed by atoms with E-state index in [1.165, 1.54) is 24.3 Å². The quantitative estimate of drug-likeness (QED) is 0.579. The predicted molar refractivity (Wildman–Crippen MR) is 117 cm³/mol. The number of rotatable bonds is 6. The lowest BCUT2D eigenvalue weighted by Crippen LogP contribution is -2.07. The van der Waals surface area contributed by atoms with Gasteiger partial charge in [0.1, 0.15) is 5.75 Å². The van der Waals surface area contributed by atoms with Gasteiger partial charge in [-0.3, -0.25) is 14.9 Å². The fourth-order valence-corrected chi connectivity index (χ4v) is 3.39. The summed E-state index contributed by atoms with van der Waals surface area (Å²) in [7, 11) is 1.62. The maximum atomic E-state index is 12.2. The summed E-state index contributed by atoms with van der Waals surface area (Å²) in [6.07, 6.45) is 3.15. The van der Waals surface area contributed by atoms with Crippen LogP contribution in [0.4, 0.5) is 10.8 Å². The van der Waals surface area contributed by atoms with E-state index in [2.05, 4.69) is 15.6 Å². The monoisotopic (exact) mass is 407 g/mol. The Bertz CT molecular complexity index is 1060. The Labute approximate surface area is 173 Å². The molecular weight excluding hydrogens is 386 g/mol. The topological polar surface area (TPSA) is 80.3 Å². The largest absolute Gasteiger partial charge is 0.496 e. The van der Waals surface area contributed by atoms with E-state index in [-0.39, 0.29) is 11.8 Å². The zero-order chi connectivity index (χ0) is 20.8. The second-order valence-electron chi connectivity index (χ2n) is 6.37. The predicted octanol–water partition coefficient (Wildman–Crippen LogP) is 4.74. The van der Waals surface area contributed by atoms with Crippen LogP contribution < -0.4 is 15.4 Å². The molecule has 148 valence electrons. The van der Waals surface area contributed by atoms with Crippen molar-refractivity contribution >= 4 is 40.0 Å². The van der Waals surface area contributed by atoms with Crippen LogP contribution in [0.3, 0.4) is 0 Å². The molecule has 0 aliphatic heterocycles. The van der Waals surface area contributed by atoms with Crippen molar-refractivity contribution in [3.8, 4) is 17.0 Å². The third-order valence-corrected chi connectivity index (χ3v) is 4.78. The number of nitrogens with one attached hydrogen (secondary N) is 2. The van der Waals surface area contributed by atoms with Crippen LogP contribution in [-0.2, 0) is 9.59 Å². The van der Waals surface area contributed by atoms with Gasteiger partial charge in [0.05, 0.1) is 12.8 Å². The molecule has 0 spiro atoms. The summed E-state index contributed by atoms with van der Waals surface area (Å²) in [6.45, 7) is 3.46. The highest BCUT2D eigenvalue weighted by Crippen LogP contribution is 2.32. The first-order chi connectivity index (χ1) is 13.9. The Balaban J connectivity index is 1.65. The average Bonchev–Trinajstić information content (AvgIpc) is 3.15. The third-order valence-electron chi connectivity index (χ3n) is 4.02. The first-order valence-corrected chi connectivity index (χ1v) is 9.80. The van der Waals surface area contributed by atoms with Crippen molar-refractivity contribution in [3.63, 3.8) is 0 Å². The molecule has 2 amide bonds. The molecule has 0 aliphatic carbocycles. The number of hydrogen-bond acceptors (Lipinski definition) is 5. The summed E-state index contributed by atoms with van der Waals surface area (Å²) in [5.74, 6) is 0.341. The number of benzene rings is 2. The number of ether oxygens (including phenoxy) is 1. The van der Waals surface area contributed by atoms with Gasteiger partial charge in [0.25, 0.3) is 0 Å². The molecule has 2 aromatic carbocycles. The number of aromatic nitrogens is 1. The minimum Gasteiger partial charge on any atom is -0.496 e. The van der Waals surface area contributed by atoms with Crippen LogP contribution in [0.25, 0.3) is 17.3 Å². The first-order valence-electron chi connectivity index (χ1n) is 8.92. The molecule has 0 saturated heterocycles. The van der Waals surface area contributed by atoms with Gasteiger partial charge in [0.2, 0.25) is 11.8 Å². The van der Waals surface area contributed by atoms with E-state index >= 15 is 0 Å². The Hall–Kier alpha value is -3.45. The summed E-state index contributed by atoms with van der Waals surface area (Å²) < 4.78 is 5.41. The molecule has 2 N–H and O–H groups in total. The van der Waals surface area contributed by atoms with Gasteiger partial charge in [-0.2, -0.15) is 0 Å². The highest BCUT2D eigenvalue weighted by molar-refractivity contribution is 7.14. The van der Waals surface area contributed by atoms with Crippen molar-refractivity contribution in [2.24, 2.45) is 0 Å². The van der Waals surface area contributed by atoms with Gasteiger partial charge < -0.3 is 10.1 Å². The van der Waals surface area contributed by atoms with Gasteiger partial charge >= 0.3 is 0 Å². The van der Waals surface area contributed by atoms with E-state index < -0.39 is 0 Å². The maximum Gasteiger partial charge on any atom is 0.250 e. The molecule has 0 atom stereocenters. The van der Waals surface area contributed by atoms with Crippen LogP contribution in [-0.4, -0.2) is 23.9 Å². The molecule has 0 saturated carbocycles. The number of thiazole rings is 1. The maximum absolute atomic E-state index is 12.2. The van der Waals surface area contributed by atoms with Gasteiger partial charge in [0.15, 0.2) is 5.13 Å². The number of nitrogens with zero attached hydrogens (tertiary/aromatic N) is 1. The SMILES string of the molecule is COc1ccc(C)cc1-c1csc(NC(=O)/C=C/c2ccc(NC(C)=O)cc2)n1. The molecule has 1 aromatic heterocycles. The van der Waals surface area contributed by atoms with Crippen LogP contribution in [0.2, 0.25) is 0 Å². The molecule has 3 rings (SSSR count). The third kappa shape index (κ3) is 5.52. The normalized spacial score (nSPS) is 10.7. The number of methoxy groups -OCH3 is 1. The van der Waals surface area contributed by atoms with E-state index in [9.17, 15) is 9.59 Å². The second-order valence-corrected chi connectivity index (χ2v) is 7.23. The summed E-state index contributed by atoms with van der Waals surface area (Å²) in [5.41, 5.74) is 4.30. The Morgan fingerprint density at radius 3 is 2.55 bits per heavy atom. The molecule has 0 unspecified atom stereocenters. The van der Waals surface area contributed by atoms with Gasteiger partial charge in [0, 0.05) is 29.6 Å². The van der Waals surface area contributed by atoms with E-state index in [0.29, 0.717) is 10.8 Å². The molecule has 3 aromatic rings. The number of anilines is 2. The summed E-state index contributed by atoms with van der Waals surface area (Å²) in [4.78, 5) is 27.7. The fourth-order valence-electron chi connectivity index (χ4n) is 2.68. The van der Waals surface area contributed by atoms with Crippen molar-refractivity contribution < 1.29 is 14.3 Å². The zero-order valence-electron chi connectivity index (χ0n) is 16.4. The van der Waals surface area contributed by atoms with Crippen molar-refractivity contribution in [2.75, 3.05) is 17.7 Å². The fraction of sp³-hybridized carbons (Fsp3) is 0.136. The number of carbonyl (C=O) groups excluding carboxylic acids is 2. The minimum absolute atomic E-state index is 0.126. The van der Waals surface area contributed by atoms with E-state index in [0.717, 1.165) is 28.1 Å². The average molecular weight is 407 g/mol. The molecule has 0 fully saturated rings. The van der Waals surface area contributed by atoms with Crippen molar-refractivity contribution in [1.29, 1.82) is 0 Å². The van der Waals surface area contributed by atoms with Crippen LogP contribution in [0.5, 0.6) is 5.75 Å². The van der Waals surface area contributed by atoms with E-state index in [1.54, 1.807) is 25.3 Å². The number of carbonyl (C=O) groups is 2. The number of hydrogen-bond donors (Lipinski definition) is 2. The smallest absolute Gasteiger partial charge is 0.250 e. The van der Waals surface area contributed by atoms with Crippen LogP contribution >= 0.6 is 11.3 Å². The lowest BCUT2D eigenvalue weighted by atomic mass is 10.1. The Kier molecular flexibility index (Phi) is 6.41. The van der Waals surface area contributed by atoms with Crippen molar-refractivity contribution in [3.05, 3.63) is 65.0 Å². The molecule has 0 radical (unpaired) electrons. The molecule has 1 heterocycles. The summed E-state index contributed by atoms with van der Waals surface area (Å²) in [5, 5.41) is 7.87. The highest BCUT2D eigenvalue weighted by atomic mass is 32.1. The van der Waals surface area contributed by atoms with Crippen LogP contribution in [0, 0.1) is 6.92 Å². The standard InChI is InChI=1S/C22H21N3O3S/c1-14-4-10-20(28-3)18(12-14)19-13-29-22(24-19)25-21(27)11-7-16-5-8-17(9-6-16)23-15(2)26/h4-13H,1-3H3,(H,23,26)(H,24,25,27)/b11-7+. The van der Waals surface area contributed by atoms with Crippen LogP contribution in [0.1, 0.15) is 18.1 Å². The first kappa shape index (κ1) is 20.3. The minimum atomic E-state index is -0.270. The molecule has 29 heavy (non-hydrogen) atoms. The number of aryl methyl sites for hydroxylation is 1.